The summed E-state index contributed by atoms with van der Waals surface area (Å²) in [4.78, 5) is 33.2. The van der Waals surface area contributed by atoms with Gasteiger partial charge in [-0.2, -0.15) is 0 Å². The van der Waals surface area contributed by atoms with Gasteiger partial charge in [0.05, 0.1) is 11.5 Å². The van der Waals surface area contributed by atoms with Crippen molar-refractivity contribution in [1.29, 1.82) is 0 Å². The van der Waals surface area contributed by atoms with Crippen molar-refractivity contribution in [3.63, 3.8) is 0 Å². The van der Waals surface area contributed by atoms with Crippen molar-refractivity contribution < 1.29 is 19.4 Å². The van der Waals surface area contributed by atoms with E-state index in [4.69, 9.17) is 16.5 Å². The van der Waals surface area contributed by atoms with Gasteiger partial charge in [-0.15, -0.1) is 0 Å². The molecule has 0 unspecified atom stereocenters. The molecule has 0 amide bonds. The standard InChI is InChI=1S/C18H23ClO4/c1-18(2,3)14-9-7-12(8-10-14)16(20)22-23-17(21)13-5-4-6-15(19)11-13/h4-6,11-12,14H,7-10H2,1-3H3. The van der Waals surface area contributed by atoms with Crippen LogP contribution in [-0.2, 0) is 14.6 Å². The summed E-state index contributed by atoms with van der Waals surface area (Å²) >= 11 is 5.81. The fraction of sp³-hybridized carbons (Fsp3) is 0.556. The summed E-state index contributed by atoms with van der Waals surface area (Å²) < 4.78 is 0. The van der Waals surface area contributed by atoms with Gasteiger partial charge in [0.15, 0.2) is 0 Å². The normalized spacial score (nSPS) is 21.6. The first-order chi connectivity index (χ1) is 10.8. The second-order valence-corrected chi connectivity index (χ2v) is 7.63. The van der Waals surface area contributed by atoms with Gasteiger partial charge in [0.1, 0.15) is 0 Å². The van der Waals surface area contributed by atoms with E-state index < -0.39 is 11.9 Å². The smallest absolute Gasteiger partial charge is 0.247 e. The van der Waals surface area contributed by atoms with E-state index in [1.807, 2.05) is 0 Å². The van der Waals surface area contributed by atoms with E-state index >= 15 is 0 Å². The highest BCUT2D eigenvalue weighted by atomic mass is 35.5. The molecule has 0 radical (unpaired) electrons. The van der Waals surface area contributed by atoms with Gasteiger partial charge in [-0.3, -0.25) is 0 Å². The molecule has 23 heavy (non-hydrogen) atoms. The molecule has 0 aliphatic heterocycles. The molecule has 4 nitrogen and oxygen atoms in total. The van der Waals surface area contributed by atoms with E-state index in [0.717, 1.165) is 25.7 Å². The Bertz CT molecular complexity index is 569. The molecule has 0 atom stereocenters. The zero-order chi connectivity index (χ0) is 17.0. The van der Waals surface area contributed by atoms with Crippen LogP contribution in [0.3, 0.4) is 0 Å². The quantitative estimate of drug-likeness (QED) is 0.573. The Kier molecular flexibility index (Phi) is 5.69. The lowest BCUT2D eigenvalue weighted by Gasteiger charge is -2.35. The summed E-state index contributed by atoms with van der Waals surface area (Å²) in [7, 11) is 0. The number of carbonyl (C=O) groups is 2. The molecule has 0 heterocycles. The number of hydrogen-bond donors (Lipinski definition) is 0. The summed E-state index contributed by atoms with van der Waals surface area (Å²) in [6.45, 7) is 6.68. The molecule has 5 heteroatoms. The SMILES string of the molecule is CC(C)(C)C1CCC(C(=O)OOC(=O)c2cccc(Cl)c2)CC1. The van der Waals surface area contributed by atoms with Gasteiger partial charge in [-0.25, -0.2) is 19.4 Å². The first kappa shape index (κ1) is 17.8. The van der Waals surface area contributed by atoms with E-state index in [-0.39, 0.29) is 16.9 Å². The Morgan fingerprint density at radius 1 is 1.09 bits per heavy atom. The Morgan fingerprint density at radius 2 is 1.74 bits per heavy atom. The van der Waals surface area contributed by atoms with Crippen LogP contribution < -0.4 is 0 Å². The first-order valence-corrected chi connectivity index (χ1v) is 8.33. The largest absolute Gasteiger partial charge is 0.386 e. The molecular formula is C18H23ClO4. The van der Waals surface area contributed by atoms with Crippen LogP contribution in [0.1, 0.15) is 56.8 Å². The summed E-state index contributed by atoms with van der Waals surface area (Å²) in [6, 6.07) is 6.30. The monoisotopic (exact) mass is 338 g/mol. The van der Waals surface area contributed by atoms with Gasteiger partial charge in [0, 0.05) is 5.02 Å². The van der Waals surface area contributed by atoms with Crippen LogP contribution in [0.25, 0.3) is 0 Å². The van der Waals surface area contributed by atoms with E-state index in [1.165, 1.54) is 6.07 Å². The number of halogens is 1. The molecule has 0 saturated heterocycles. The minimum absolute atomic E-state index is 0.194. The third kappa shape index (κ3) is 4.96. The van der Waals surface area contributed by atoms with Gasteiger partial charge in [0.25, 0.3) is 0 Å². The van der Waals surface area contributed by atoms with Crippen molar-refractivity contribution in [2.75, 3.05) is 0 Å². The van der Waals surface area contributed by atoms with Crippen LogP contribution in [0.15, 0.2) is 24.3 Å². The maximum absolute atomic E-state index is 12.0. The minimum atomic E-state index is -0.718. The zero-order valence-electron chi connectivity index (χ0n) is 13.8. The molecule has 1 saturated carbocycles. The highest BCUT2D eigenvalue weighted by Gasteiger charge is 2.33. The Labute approximate surface area is 142 Å². The third-order valence-corrected chi connectivity index (χ3v) is 4.78. The zero-order valence-corrected chi connectivity index (χ0v) is 14.6. The van der Waals surface area contributed by atoms with E-state index in [1.54, 1.807) is 18.2 Å². The summed E-state index contributed by atoms with van der Waals surface area (Å²) in [5.41, 5.74) is 0.509. The Morgan fingerprint density at radius 3 is 2.30 bits per heavy atom. The number of hydrogen-bond acceptors (Lipinski definition) is 4. The Balaban J connectivity index is 1.81. The van der Waals surface area contributed by atoms with Gasteiger partial charge in [-0.1, -0.05) is 38.4 Å². The van der Waals surface area contributed by atoms with E-state index in [9.17, 15) is 9.59 Å². The van der Waals surface area contributed by atoms with Crippen LogP contribution >= 0.6 is 11.6 Å². The second-order valence-electron chi connectivity index (χ2n) is 7.20. The molecule has 0 N–H and O–H groups in total. The fourth-order valence-electron chi connectivity index (χ4n) is 3.01. The van der Waals surface area contributed by atoms with E-state index in [2.05, 4.69) is 25.7 Å². The summed E-state index contributed by atoms with van der Waals surface area (Å²) in [6.07, 6.45) is 3.53. The average molecular weight is 339 g/mol. The fourth-order valence-corrected chi connectivity index (χ4v) is 3.20. The van der Waals surface area contributed by atoms with Crippen molar-refractivity contribution in [2.24, 2.45) is 17.3 Å². The molecule has 1 aliphatic rings. The lowest BCUT2D eigenvalue weighted by molar-refractivity contribution is -0.239. The lowest BCUT2D eigenvalue weighted by atomic mass is 9.70. The average Bonchev–Trinajstić information content (AvgIpc) is 2.51. The number of rotatable bonds is 2. The number of carbonyl (C=O) groups excluding carboxylic acids is 2. The predicted octanol–water partition coefficient (Wildman–Crippen LogP) is 4.81. The molecule has 0 spiro atoms. The molecule has 0 bridgehead atoms. The van der Waals surface area contributed by atoms with E-state index in [0.29, 0.717) is 10.9 Å². The van der Waals surface area contributed by atoms with Gasteiger partial charge in [-0.05, 0) is 55.2 Å². The first-order valence-electron chi connectivity index (χ1n) is 7.95. The topological polar surface area (TPSA) is 52.6 Å². The molecule has 1 aromatic carbocycles. The van der Waals surface area contributed by atoms with Crippen LogP contribution in [-0.4, -0.2) is 11.9 Å². The molecule has 1 fully saturated rings. The molecule has 126 valence electrons. The maximum atomic E-state index is 12.0. The second kappa shape index (κ2) is 7.35. The van der Waals surface area contributed by atoms with Crippen molar-refractivity contribution in [3.05, 3.63) is 34.9 Å². The van der Waals surface area contributed by atoms with Crippen molar-refractivity contribution in [2.45, 2.75) is 46.5 Å². The highest BCUT2D eigenvalue weighted by Crippen LogP contribution is 2.40. The van der Waals surface area contributed by atoms with Crippen molar-refractivity contribution in [1.82, 2.24) is 0 Å². The van der Waals surface area contributed by atoms with Crippen molar-refractivity contribution in [3.8, 4) is 0 Å². The molecular weight excluding hydrogens is 316 g/mol. The lowest BCUT2D eigenvalue weighted by Crippen LogP contribution is -2.30. The summed E-state index contributed by atoms with van der Waals surface area (Å²) in [5.74, 6) is -0.765. The van der Waals surface area contributed by atoms with Crippen molar-refractivity contribution >= 4 is 23.5 Å². The van der Waals surface area contributed by atoms with Gasteiger partial charge >= 0.3 is 11.9 Å². The maximum Gasteiger partial charge on any atom is 0.386 e. The van der Waals surface area contributed by atoms with Crippen LogP contribution in [0.4, 0.5) is 0 Å². The van der Waals surface area contributed by atoms with Gasteiger partial charge in [0.2, 0.25) is 0 Å². The van der Waals surface area contributed by atoms with Crippen LogP contribution in [0.5, 0.6) is 0 Å². The molecule has 2 rings (SSSR count). The third-order valence-electron chi connectivity index (χ3n) is 4.55. The number of benzene rings is 1. The van der Waals surface area contributed by atoms with Gasteiger partial charge < -0.3 is 0 Å². The minimum Gasteiger partial charge on any atom is -0.247 e. The molecule has 1 aliphatic carbocycles. The molecule has 1 aromatic rings. The molecule has 0 aromatic heterocycles. The predicted molar refractivity (Wildman–Crippen MR) is 87.9 cm³/mol. The van der Waals surface area contributed by atoms with Crippen LogP contribution in [0, 0.1) is 17.3 Å². The Hall–Kier alpha value is -1.55. The van der Waals surface area contributed by atoms with Crippen LogP contribution in [0.2, 0.25) is 5.02 Å². The summed E-state index contributed by atoms with van der Waals surface area (Å²) in [5, 5.41) is 0.422. The highest BCUT2D eigenvalue weighted by molar-refractivity contribution is 6.30.